The Kier molecular flexibility index (Phi) is 4.63. The predicted molar refractivity (Wildman–Crippen MR) is 97.5 cm³/mol. The highest BCUT2D eigenvalue weighted by Crippen LogP contribution is 2.23. The number of likely N-dealkylation sites (tertiary alicyclic amines) is 2. The van der Waals surface area contributed by atoms with Gasteiger partial charge in [-0.3, -0.25) is 20.0 Å². The summed E-state index contributed by atoms with van der Waals surface area (Å²) in [5.74, 6) is 0. The van der Waals surface area contributed by atoms with Crippen LogP contribution in [0.4, 0.5) is 5.69 Å². The molecule has 0 atom stereocenters. The fourth-order valence-corrected chi connectivity index (χ4v) is 4.14. The van der Waals surface area contributed by atoms with Gasteiger partial charge in [0.05, 0.1) is 16.1 Å². The van der Waals surface area contributed by atoms with Gasteiger partial charge in [0.15, 0.2) is 0 Å². The highest BCUT2D eigenvalue weighted by atomic mass is 16.6. The fraction of sp³-hybridized carbons (Fsp3) is 0.526. The molecule has 132 valence electrons. The van der Waals surface area contributed by atoms with E-state index in [0.717, 1.165) is 42.3 Å². The second-order valence-corrected chi connectivity index (χ2v) is 7.19. The number of non-ortho nitro benzene ring substituents is 1. The van der Waals surface area contributed by atoms with Crippen LogP contribution in [0.2, 0.25) is 0 Å². The maximum atomic E-state index is 10.9. The van der Waals surface area contributed by atoms with Crippen molar-refractivity contribution in [3.8, 4) is 0 Å². The first kappa shape index (κ1) is 16.4. The third-order valence-electron chi connectivity index (χ3n) is 5.54. The van der Waals surface area contributed by atoms with E-state index in [-0.39, 0.29) is 10.6 Å². The van der Waals surface area contributed by atoms with E-state index in [4.69, 9.17) is 4.98 Å². The number of benzene rings is 1. The van der Waals surface area contributed by atoms with Crippen molar-refractivity contribution in [3.05, 3.63) is 46.1 Å². The van der Waals surface area contributed by atoms with E-state index in [9.17, 15) is 10.1 Å². The standard InChI is InChI=1S/C19H24N4O2/c24-23(25)18-5-6-19-15(13-18)3-4-16(20-19)14-21-11-7-17(8-12-21)22-9-1-2-10-22/h3-6,13,17H,1-2,7-12,14H2. The van der Waals surface area contributed by atoms with Crippen molar-refractivity contribution in [2.24, 2.45) is 0 Å². The minimum absolute atomic E-state index is 0.117. The molecule has 0 radical (unpaired) electrons. The number of piperidine rings is 1. The molecule has 0 aliphatic carbocycles. The van der Waals surface area contributed by atoms with E-state index >= 15 is 0 Å². The fourth-order valence-electron chi connectivity index (χ4n) is 4.14. The molecular formula is C19H24N4O2. The molecule has 1 aromatic carbocycles. The van der Waals surface area contributed by atoms with Crippen LogP contribution >= 0.6 is 0 Å². The lowest BCUT2D eigenvalue weighted by atomic mass is 10.0. The predicted octanol–water partition coefficient (Wildman–Crippen LogP) is 3.20. The Hall–Kier alpha value is -2.05. The van der Waals surface area contributed by atoms with E-state index < -0.39 is 0 Å². The highest BCUT2D eigenvalue weighted by molar-refractivity contribution is 5.81. The Balaban J connectivity index is 1.39. The zero-order valence-electron chi connectivity index (χ0n) is 14.4. The van der Waals surface area contributed by atoms with Crippen molar-refractivity contribution in [2.75, 3.05) is 26.2 Å². The van der Waals surface area contributed by atoms with E-state index in [1.165, 1.54) is 44.8 Å². The molecule has 0 amide bonds. The van der Waals surface area contributed by atoms with Crippen LogP contribution in [-0.4, -0.2) is 51.9 Å². The average Bonchev–Trinajstić information content (AvgIpc) is 3.16. The number of pyridine rings is 1. The Morgan fingerprint density at radius 2 is 1.84 bits per heavy atom. The topological polar surface area (TPSA) is 62.5 Å². The van der Waals surface area contributed by atoms with E-state index in [1.54, 1.807) is 12.1 Å². The van der Waals surface area contributed by atoms with Gasteiger partial charge in [-0.1, -0.05) is 6.07 Å². The molecule has 0 saturated carbocycles. The van der Waals surface area contributed by atoms with Crippen LogP contribution in [0.3, 0.4) is 0 Å². The molecule has 2 aliphatic rings. The first-order chi connectivity index (χ1) is 12.2. The van der Waals surface area contributed by atoms with E-state index in [1.807, 2.05) is 12.1 Å². The lowest BCUT2D eigenvalue weighted by Gasteiger charge is -2.36. The molecule has 25 heavy (non-hydrogen) atoms. The summed E-state index contributed by atoms with van der Waals surface area (Å²) in [6.07, 6.45) is 5.22. The highest BCUT2D eigenvalue weighted by Gasteiger charge is 2.26. The second kappa shape index (κ2) is 7.06. The summed E-state index contributed by atoms with van der Waals surface area (Å²) in [7, 11) is 0. The Morgan fingerprint density at radius 3 is 2.56 bits per heavy atom. The molecule has 3 heterocycles. The Labute approximate surface area is 147 Å². The van der Waals surface area contributed by atoms with Crippen molar-refractivity contribution < 1.29 is 4.92 Å². The lowest BCUT2D eigenvalue weighted by Crippen LogP contribution is -2.43. The summed E-state index contributed by atoms with van der Waals surface area (Å²) in [6.45, 7) is 5.67. The quantitative estimate of drug-likeness (QED) is 0.632. The van der Waals surface area contributed by atoms with Gasteiger partial charge in [-0.05, 0) is 50.9 Å². The van der Waals surface area contributed by atoms with Crippen LogP contribution < -0.4 is 0 Å². The van der Waals surface area contributed by atoms with Crippen molar-refractivity contribution in [3.63, 3.8) is 0 Å². The average molecular weight is 340 g/mol. The smallest absolute Gasteiger partial charge is 0.270 e. The molecule has 2 saturated heterocycles. The molecular weight excluding hydrogens is 316 g/mol. The van der Waals surface area contributed by atoms with Crippen LogP contribution in [-0.2, 0) is 6.54 Å². The van der Waals surface area contributed by atoms with Crippen molar-refractivity contribution >= 4 is 16.6 Å². The van der Waals surface area contributed by atoms with Gasteiger partial charge < -0.3 is 4.90 Å². The first-order valence-corrected chi connectivity index (χ1v) is 9.19. The van der Waals surface area contributed by atoms with Crippen LogP contribution in [0.1, 0.15) is 31.4 Å². The van der Waals surface area contributed by atoms with Crippen LogP contribution in [0.15, 0.2) is 30.3 Å². The molecule has 4 rings (SSSR count). The largest absolute Gasteiger partial charge is 0.300 e. The van der Waals surface area contributed by atoms with Crippen molar-refractivity contribution in [1.29, 1.82) is 0 Å². The van der Waals surface area contributed by atoms with Gasteiger partial charge in [-0.25, -0.2) is 0 Å². The molecule has 2 aliphatic heterocycles. The van der Waals surface area contributed by atoms with E-state index in [2.05, 4.69) is 9.80 Å². The molecule has 0 spiro atoms. The molecule has 0 unspecified atom stereocenters. The Morgan fingerprint density at radius 1 is 1.08 bits per heavy atom. The number of hydrogen-bond donors (Lipinski definition) is 0. The molecule has 2 aromatic rings. The molecule has 6 nitrogen and oxygen atoms in total. The van der Waals surface area contributed by atoms with Gasteiger partial charge in [-0.15, -0.1) is 0 Å². The number of rotatable bonds is 4. The second-order valence-electron chi connectivity index (χ2n) is 7.19. The van der Waals surface area contributed by atoms with Crippen LogP contribution in [0.5, 0.6) is 0 Å². The SMILES string of the molecule is O=[N+]([O-])c1ccc2nc(CN3CCC(N4CCCC4)CC3)ccc2c1. The molecule has 0 bridgehead atoms. The number of hydrogen-bond acceptors (Lipinski definition) is 5. The molecule has 1 aromatic heterocycles. The minimum atomic E-state index is -0.363. The third-order valence-corrected chi connectivity index (χ3v) is 5.54. The number of fused-ring (bicyclic) bond motifs is 1. The first-order valence-electron chi connectivity index (χ1n) is 9.19. The monoisotopic (exact) mass is 340 g/mol. The zero-order chi connectivity index (χ0) is 17.2. The molecule has 6 heteroatoms. The minimum Gasteiger partial charge on any atom is -0.300 e. The number of aromatic nitrogens is 1. The van der Waals surface area contributed by atoms with Crippen molar-refractivity contribution in [2.45, 2.75) is 38.3 Å². The summed E-state index contributed by atoms with van der Waals surface area (Å²) < 4.78 is 0. The number of nitrogens with zero attached hydrogens (tertiary/aromatic N) is 4. The number of nitro groups is 1. The van der Waals surface area contributed by atoms with Crippen LogP contribution in [0, 0.1) is 10.1 Å². The van der Waals surface area contributed by atoms with Gasteiger partial charge in [0.2, 0.25) is 0 Å². The summed E-state index contributed by atoms with van der Waals surface area (Å²) in [5, 5.41) is 11.7. The summed E-state index contributed by atoms with van der Waals surface area (Å²) in [5.41, 5.74) is 1.99. The van der Waals surface area contributed by atoms with Crippen LogP contribution in [0.25, 0.3) is 10.9 Å². The number of nitro benzene ring substituents is 1. The van der Waals surface area contributed by atoms with Gasteiger partial charge in [0.1, 0.15) is 0 Å². The molecule has 2 fully saturated rings. The lowest BCUT2D eigenvalue weighted by molar-refractivity contribution is -0.384. The van der Waals surface area contributed by atoms with Gasteiger partial charge >= 0.3 is 0 Å². The molecule has 0 N–H and O–H groups in total. The van der Waals surface area contributed by atoms with Gasteiger partial charge in [-0.2, -0.15) is 0 Å². The third kappa shape index (κ3) is 3.65. The van der Waals surface area contributed by atoms with E-state index in [0.29, 0.717) is 0 Å². The zero-order valence-corrected chi connectivity index (χ0v) is 14.4. The maximum Gasteiger partial charge on any atom is 0.270 e. The van der Waals surface area contributed by atoms with Gasteiger partial charge in [0.25, 0.3) is 5.69 Å². The summed E-state index contributed by atoms with van der Waals surface area (Å²) >= 11 is 0. The van der Waals surface area contributed by atoms with Gasteiger partial charge in [0, 0.05) is 43.2 Å². The Bertz CT molecular complexity index is 765. The summed E-state index contributed by atoms with van der Waals surface area (Å²) in [6, 6.07) is 9.58. The normalized spacial score (nSPS) is 20.3. The van der Waals surface area contributed by atoms with Crippen molar-refractivity contribution in [1.82, 2.24) is 14.8 Å². The summed E-state index contributed by atoms with van der Waals surface area (Å²) in [4.78, 5) is 20.3. The maximum absolute atomic E-state index is 10.9.